The number of hydrogen-bond acceptors (Lipinski definition) is 3. The molecule has 0 atom stereocenters. The summed E-state index contributed by atoms with van der Waals surface area (Å²) in [6.45, 7) is 9.49. The van der Waals surface area contributed by atoms with E-state index in [-0.39, 0.29) is 5.92 Å². The molecule has 2 aromatic carbocycles. The lowest BCUT2D eigenvalue weighted by atomic mass is 9.85. The summed E-state index contributed by atoms with van der Waals surface area (Å²) in [7, 11) is 0. The Morgan fingerprint density at radius 2 is 1.87 bits per heavy atom. The number of carbonyl (C=O) groups is 1. The van der Waals surface area contributed by atoms with Crippen LogP contribution in [0.3, 0.4) is 0 Å². The molecule has 0 radical (unpaired) electrons. The minimum atomic E-state index is -0.669. The Morgan fingerprint density at radius 3 is 2.61 bits per heavy atom. The highest BCUT2D eigenvalue weighted by Crippen LogP contribution is 2.34. The highest BCUT2D eigenvalue weighted by Gasteiger charge is 2.33. The molecule has 2 aliphatic rings. The summed E-state index contributed by atoms with van der Waals surface area (Å²) in [6.07, 6.45) is 4.12. The van der Waals surface area contributed by atoms with Crippen LogP contribution in [-0.4, -0.2) is 42.2 Å². The Balaban J connectivity index is 1.30. The molecular weight excluding hydrogens is 386 g/mol. The normalized spacial score (nSPS) is 16.7. The van der Waals surface area contributed by atoms with Crippen LogP contribution in [0, 0.1) is 19.8 Å². The molecule has 0 spiro atoms. The summed E-state index contributed by atoms with van der Waals surface area (Å²) in [5.41, 5.74) is 9.54. The third-order valence-electron chi connectivity index (χ3n) is 6.88. The van der Waals surface area contributed by atoms with Gasteiger partial charge in [-0.15, -0.1) is 0 Å². The van der Waals surface area contributed by atoms with Crippen LogP contribution < -0.4 is 4.74 Å². The summed E-state index contributed by atoms with van der Waals surface area (Å²) < 4.78 is 6.06. The Bertz CT molecular complexity index is 1000. The number of rotatable bonds is 8. The Kier molecular flexibility index (Phi) is 6.47. The van der Waals surface area contributed by atoms with Crippen LogP contribution in [0.5, 0.6) is 5.75 Å². The fraction of sp³-hybridized carbons (Fsp3) is 0.444. The van der Waals surface area contributed by atoms with Gasteiger partial charge in [0.05, 0.1) is 12.5 Å². The number of carboxylic acids is 1. The summed E-state index contributed by atoms with van der Waals surface area (Å²) >= 11 is 0. The number of aryl methyl sites for hydroxylation is 4. The van der Waals surface area contributed by atoms with Crippen molar-refractivity contribution in [2.24, 2.45) is 5.92 Å². The average Bonchev–Trinajstić information content (AvgIpc) is 2.71. The van der Waals surface area contributed by atoms with E-state index in [9.17, 15) is 4.79 Å². The van der Waals surface area contributed by atoms with E-state index in [0.29, 0.717) is 13.1 Å². The first-order valence-corrected chi connectivity index (χ1v) is 11.4. The number of aliphatic carboxylic acids is 1. The van der Waals surface area contributed by atoms with Gasteiger partial charge in [0.1, 0.15) is 5.75 Å². The average molecular weight is 420 g/mol. The first kappa shape index (κ1) is 21.6. The standard InChI is InChI=1S/C27H33NO3/c1-18-6-7-21(13-19(18)2)5-4-12-31-25-10-11-26-20(3)23(9-8-22(26)14-25)15-28-16-24(17-28)27(29)30/h6-7,10-11,13-14,24H,4-5,8-9,12,15-17H2,1-3H3,(H,29,30). The molecule has 1 aliphatic heterocycles. The molecule has 164 valence electrons. The van der Waals surface area contributed by atoms with Crippen molar-refractivity contribution in [3.05, 3.63) is 69.8 Å². The number of fused-ring (bicyclic) bond motifs is 1. The molecule has 4 heteroatoms. The van der Waals surface area contributed by atoms with Gasteiger partial charge in [-0.25, -0.2) is 0 Å². The van der Waals surface area contributed by atoms with Crippen molar-refractivity contribution in [3.8, 4) is 5.75 Å². The van der Waals surface area contributed by atoms with Crippen molar-refractivity contribution in [3.63, 3.8) is 0 Å². The fourth-order valence-electron chi connectivity index (χ4n) is 4.64. The molecule has 1 N–H and O–H groups in total. The molecule has 1 heterocycles. The third kappa shape index (κ3) is 5.01. The predicted octanol–water partition coefficient (Wildman–Crippen LogP) is 5.05. The Labute approximate surface area is 185 Å². The van der Waals surface area contributed by atoms with Crippen molar-refractivity contribution < 1.29 is 14.6 Å². The molecule has 0 bridgehead atoms. The molecule has 0 unspecified atom stereocenters. The summed E-state index contributed by atoms with van der Waals surface area (Å²) in [5.74, 6) is 0.103. The fourth-order valence-corrected chi connectivity index (χ4v) is 4.64. The molecule has 4 nitrogen and oxygen atoms in total. The van der Waals surface area contributed by atoms with Gasteiger partial charge in [0.15, 0.2) is 0 Å². The van der Waals surface area contributed by atoms with Crippen molar-refractivity contribution in [2.75, 3.05) is 26.2 Å². The van der Waals surface area contributed by atoms with Gasteiger partial charge in [-0.3, -0.25) is 9.69 Å². The van der Waals surface area contributed by atoms with Gasteiger partial charge < -0.3 is 9.84 Å². The number of ether oxygens (including phenoxy) is 1. The molecule has 1 aliphatic carbocycles. The number of benzene rings is 2. The maximum absolute atomic E-state index is 11.0. The predicted molar refractivity (Wildman–Crippen MR) is 125 cm³/mol. The topological polar surface area (TPSA) is 49.8 Å². The van der Waals surface area contributed by atoms with E-state index in [4.69, 9.17) is 9.84 Å². The van der Waals surface area contributed by atoms with E-state index in [0.717, 1.165) is 44.6 Å². The molecule has 1 saturated heterocycles. The highest BCUT2D eigenvalue weighted by atomic mass is 16.5. The number of carboxylic acid groups (broad SMARTS) is 1. The highest BCUT2D eigenvalue weighted by molar-refractivity contribution is 5.73. The minimum Gasteiger partial charge on any atom is -0.494 e. The lowest BCUT2D eigenvalue weighted by Crippen LogP contribution is -2.50. The second-order valence-electron chi connectivity index (χ2n) is 9.15. The lowest BCUT2D eigenvalue weighted by Gasteiger charge is -2.38. The van der Waals surface area contributed by atoms with E-state index in [1.165, 1.54) is 39.0 Å². The van der Waals surface area contributed by atoms with Crippen LogP contribution in [-0.2, 0) is 17.6 Å². The largest absolute Gasteiger partial charge is 0.494 e. The monoisotopic (exact) mass is 419 g/mol. The molecule has 0 saturated carbocycles. The second-order valence-corrected chi connectivity index (χ2v) is 9.15. The van der Waals surface area contributed by atoms with Gasteiger partial charge in [-0.2, -0.15) is 0 Å². The first-order valence-electron chi connectivity index (χ1n) is 11.4. The van der Waals surface area contributed by atoms with E-state index in [2.05, 4.69) is 62.1 Å². The van der Waals surface area contributed by atoms with Crippen molar-refractivity contribution in [1.29, 1.82) is 0 Å². The van der Waals surface area contributed by atoms with Gasteiger partial charge >= 0.3 is 5.97 Å². The molecule has 0 aromatic heterocycles. The zero-order valence-corrected chi connectivity index (χ0v) is 18.9. The van der Waals surface area contributed by atoms with Crippen molar-refractivity contribution >= 4 is 11.5 Å². The van der Waals surface area contributed by atoms with Crippen molar-refractivity contribution in [1.82, 2.24) is 4.90 Å². The second kappa shape index (κ2) is 9.27. The van der Waals surface area contributed by atoms with Gasteiger partial charge in [-0.05, 0) is 92.0 Å². The van der Waals surface area contributed by atoms with Gasteiger partial charge in [0.2, 0.25) is 0 Å². The maximum Gasteiger partial charge on any atom is 0.309 e. The van der Waals surface area contributed by atoms with Gasteiger partial charge in [-0.1, -0.05) is 29.8 Å². The zero-order valence-electron chi connectivity index (χ0n) is 18.9. The Hall–Kier alpha value is -2.59. The smallest absolute Gasteiger partial charge is 0.309 e. The SMILES string of the molecule is CC1=C(CN2CC(C(=O)O)C2)CCc2cc(OCCCc3ccc(C)c(C)c3)ccc21. The van der Waals surface area contributed by atoms with Crippen LogP contribution in [0.4, 0.5) is 0 Å². The molecule has 1 fully saturated rings. The van der Waals surface area contributed by atoms with Crippen LogP contribution in [0.1, 0.15) is 47.6 Å². The quantitative estimate of drug-likeness (QED) is 0.608. The first-order chi connectivity index (χ1) is 14.9. The molecular formula is C27H33NO3. The van der Waals surface area contributed by atoms with Crippen LogP contribution in [0.2, 0.25) is 0 Å². The van der Waals surface area contributed by atoms with Crippen molar-refractivity contribution in [2.45, 2.75) is 46.5 Å². The molecule has 0 amide bonds. The zero-order chi connectivity index (χ0) is 22.0. The van der Waals surface area contributed by atoms with Crippen LogP contribution in [0.25, 0.3) is 5.57 Å². The van der Waals surface area contributed by atoms with Gasteiger partial charge in [0.25, 0.3) is 0 Å². The number of allylic oxidation sites excluding steroid dienone is 1. The summed E-state index contributed by atoms with van der Waals surface area (Å²) in [6, 6.07) is 13.2. The van der Waals surface area contributed by atoms with Crippen LogP contribution in [0.15, 0.2) is 42.0 Å². The maximum atomic E-state index is 11.0. The van der Waals surface area contributed by atoms with E-state index < -0.39 is 5.97 Å². The van der Waals surface area contributed by atoms with Crippen LogP contribution >= 0.6 is 0 Å². The number of hydrogen-bond donors (Lipinski definition) is 1. The third-order valence-corrected chi connectivity index (χ3v) is 6.88. The van der Waals surface area contributed by atoms with E-state index >= 15 is 0 Å². The molecule has 2 aromatic rings. The Morgan fingerprint density at radius 1 is 1.06 bits per heavy atom. The van der Waals surface area contributed by atoms with E-state index in [1.807, 2.05) is 0 Å². The number of nitrogens with zero attached hydrogens (tertiary/aromatic N) is 1. The molecule has 31 heavy (non-hydrogen) atoms. The van der Waals surface area contributed by atoms with Gasteiger partial charge in [0, 0.05) is 19.6 Å². The summed E-state index contributed by atoms with van der Waals surface area (Å²) in [4.78, 5) is 13.3. The summed E-state index contributed by atoms with van der Waals surface area (Å²) in [5, 5.41) is 9.07. The molecule has 4 rings (SSSR count). The minimum absolute atomic E-state index is 0.188. The lowest BCUT2D eigenvalue weighted by molar-refractivity contribution is -0.147. The number of likely N-dealkylation sites (tertiary alicyclic amines) is 1. The van der Waals surface area contributed by atoms with E-state index in [1.54, 1.807) is 0 Å².